The van der Waals surface area contributed by atoms with Crippen molar-refractivity contribution in [2.24, 2.45) is 0 Å². The zero-order valence-electron chi connectivity index (χ0n) is 16.9. The van der Waals surface area contributed by atoms with E-state index in [0.717, 1.165) is 30.6 Å². The summed E-state index contributed by atoms with van der Waals surface area (Å²) >= 11 is 0. The van der Waals surface area contributed by atoms with Crippen molar-refractivity contribution in [3.63, 3.8) is 0 Å². The number of hydrogen-bond donors (Lipinski definition) is 0. The number of anilines is 1. The van der Waals surface area contributed by atoms with Gasteiger partial charge in [-0.15, -0.1) is 0 Å². The first-order valence-electron chi connectivity index (χ1n) is 10.6. The molecule has 3 aliphatic rings. The number of carbonyl (C=O) groups is 1. The molecule has 1 amide bonds. The second kappa shape index (κ2) is 6.87. The Morgan fingerprint density at radius 1 is 0.968 bits per heavy atom. The lowest BCUT2D eigenvalue weighted by Crippen LogP contribution is -2.52. The highest BCUT2D eigenvalue weighted by molar-refractivity contribution is 6.09. The van der Waals surface area contributed by atoms with Crippen molar-refractivity contribution in [1.29, 1.82) is 0 Å². The Kier molecular flexibility index (Phi) is 4.09. The molecule has 6 rings (SSSR count). The Morgan fingerprint density at radius 3 is 2.48 bits per heavy atom. The van der Waals surface area contributed by atoms with Gasteiger partial charge in [0.1, 0.15) is 6.04 Å². The Balaban J connectivity index is 1.32. The first kappa shape index (κ1) is 18.5. The SMILES string of the molecule is O=C1[C@H]2C3CC(CN3Cc3ccccc3)N2CN1c1ccc([N+](=O)[O-])c2ccccc12. The molecule has 3 heterocycles. The molecule has 156 valence electrons. The summed E-state index contributed by atoms with van der Waals surface area (Å²) in [6, 6.07) is 21.4. The average Bonchev–Trinajstić information content (AvgIpc) is 3.45. The topological polar surface area (TPSA) is 69.9 Å². The van der Waals surface area contributed by atoms with E-state index in [2.05, 4.69) is 34.1 Å². The molecule has 2 unspecified atom stereocenters. The number of amides is 1. The van der Waals surface area contributed by atoms with Crippen molar-refractivity contribution in [2.45, 2.75) is 31.1 Å². The van der Waals surface area contributed by atoms with Gasteiger partial charge in [0.25, 0.3) is 5.69 Å². The number of carbonyl (C=O) groups excluding carboxylic acids is 1. The number of piperazine rings is 1. The number of nitrogens with zero attached hydrogens (tertiary/aromatic N) is 4. The predicted octanol–water partition coefficient (Wildman–Crippen LogP) is 3.38. The molecule has 31 heavy (non-hydrogen) atoms. The first-order valence-corrected chi connectivity index (χ1v) is 10.6. The quantitative estimate of drug-likeness (QED) is 0.484. The fourth-order valence-electron chi connectivity index (χ4n) is 5.68. The minimum absolute atomic E-state index is 0.0700. The molecule has 3 atom stereocenters. The monoisotopic (exact) mass is 414 g/mol. The zero-order chi connectivity index (χ0) is 21.1. The molecule has 0 aromatic heterocycles. The predicted molar refractivity (Wildman–Crippen MR) is 118 cm³/mol. The molecule has 3 aromatic rings. The molecule has 7 heteroatoms. The van der Waals surface area contributed by atoms with Crippen LogP contribution in [0.15, 0.2) is 66.7 Å². The largest absolute Gasteiger partial charge is 0.297 e. The van der Waals surface area contributed by atoms with Gasteiger partial charge in [-0.3, -0.25) is 29.6 Å². The van der Waals surface area contributed by atoms with Gasteiger partial charge >= 0.3 is 0 Å². The Bertz CT molecular complexity index is 1200. The van der Waals surface area contributed by atoms with E-state index in [4.69, 9.17) is 0 Å². The summed E-state index contributed by atoms with van der Waals surface area (Å²) in [7, 11) is 0. The summed E-state index contributed by atoms with van der Waals surface area (Å²) in [5, 5.41) is 12.8. The molecule has 0 radical (unpaired) electrons. The molecule has 0 spiro atoms. The van der Waals surface area contributed by atoms with E-state index in [-0.39, 0.29) is 28.6 Å². The molecule has 0 N–H and O–H groups in total. The van der Waals surface area contributed by atoms with Crippen LogP contribution < -0.4 is 4.90 Å². The third-order valence-corrected chi connectivity index (χ3v) is 7.04. The van der Waals surface area contributed by atoms with Crippen LogP contribution in [0, 0.1) is 10.1 Å². The number of likely N-dealkylation sites (tertiary alicyclic amines) is 1. The van der Waals surface area contributed by atoms with Crippen LogP contribution >= 0.6 is 0 Å². The van der Waals surface area contributed by atoms with Gasteiger partial charge < -0.3 is 0 Å². The van der Waals surface area contributed by atoms with Gasteiger partial charge in [-0.05, 0) is 24.1 Å². The molecule has 3 aliphatic heterocycles. The lowest BCUT2D eigenvalue weighted by Gasteiger charge is -2.34. The lowest BCUT2D eigenvalue weighted by molar-refractivity contribution is -0.383. The van der Waals surface area contributed by atoms with Crippen LogP contribution in [0.4, 0.5) is 11.4 Å². The highest BCUT2D eigenvalue weighted by atomic mass is 16.6. The maximum atomic E-state index is 13.6. The Hall–Kier alpha value is -3.29. The van der Waals surface area contributed by atoms with E-state index >= 15 is 0 Å². The van der Waals surface area contributed by atoms with Gasteiger partial charge in [0.2, 0.25) is 5.91 Å². The number of rotatable bonds is 4. The van der Waals surface area contributed by atoms with E-state index in [1.54, 1.807) is 18.2 Å². The highest BCUT2D eigenvalue weighted by Gasteiger charge is 2.58. The fraction of sp³-hybridized carbons (Fsp3) is 0.292. The molecule has 0 aliphatic carbocycles. The number of fused-ring (bicyclic) bond motifs is 6. The van der Waals surface area contributed by atoms with E-state index < -0.39 is 0 Å². The molecular weight excluding hydrogens is 392 g/mol. The second-order valence-corrected chi connectivity index (χ2v) is 8.65. The van der Waals surface area contributed by atoms with Crippen LogP contribution in [0.1, 0.15) is 12.0 Å². The van der Waals surface area contributed by atoms with Crippen LogP contribution in [0.3, 0.4) is 0 Å². The third-order valence-electron chi connectivity index (χ3n) is 7.04. The van der Waals surface area contributed by atoms with Crippen molar-refractivity contribution in [2.75, 3.05) is 18.1 Å². The lowest BCUT2D eigenvalue weighted by atomic mass is 10.0. The summed E-state index contributed by atoms with van der Waals surface area (Å²) in [4.78, 5) is 31.2. The maximum absolute atomic E-state index is 13.6. The van der Waals surface area contributed by atoms with E-state index in [1.165, 1.54) is 11.6 Å². The molecular formula is C24H22N4O3. The van der Waals surface area contributed by atoms with Gasteiger partial charge in [0.05, 0.1) is 22.7 Å². The van der Waals surface area contributed by atoms with Gasteiger partial charge in [0.15, 0.2) is 0 Å². The summed E-state index contributed by atoms with van der Waals surface area (Å²) < 4.78 is 0. The normalized spacial score (nSPS) is 25.5. The second-order valence-electron chi connectivity index (χ2n) is 8.65. The molecule has 3 fully saturated rings. The number of nitro benzene ring substituents is 1. The minimum atomic E-state index is -0.363. The number of benzene rings is 3. The van der Waals surface area contributed by atoms with Gasteiger partial charge in [-0.1, -0.05) is 48.5 Å². The van der Waals surface area contributed by atoms with E-state index in [1.807, 2.05) is 23.1 Å². The van der Waals surface area contributed by atoms with Gasteiger partial charge in [-0.2, -0.15) is 0 Å². The van der Waals surface area contributed by atoms with Crippen LogP contribution in [-0.4, -0.2) is 52.0 Å². The molecule has 0 saturated carbocycles. The van der Waals surface area contributed by atoms with Crippen molar-refractivity contribution in [3.05, 3.63) is 82.4 Å². The standard InChI is InChI=1S/C24H22N4O3/c29-24-23-22-12-17(14-25(22)13-16-6-2-1-3-7-16)26(23)15-27(24)20-10-11-21(28(30)31)19-9-5-4-8-18(19)20/h1-11,17,22-23H,12-15H2/t17?,22?,23-/m1/s1. The van der Waals surface area contributed by atoms with Crippen LogP contribution in [0.25, 0.3) is 10.8 Å². The smallest absolute Gasteiger partial charge is 0.277 e. The van der Waals surface area contributed by atoms with Crippen molar-refractivity contribution < 1.29 is 9.72 Å². The summed E-state index contributed by atoms with van der Waals surface area (Å²) in [6.07, 6.45) is 1.03. The fourth-order valence-corrected chi connectivity index (χ4v) is 5.68. The summed E-state index contributed by atoms with van der Waals surface area (Å²) in [5.41, 5.74) is 2.10. The van der Waals surface area contributed by atoms with Crippen molar-refractivity contribution >= 4 is 28.1 Å². The Morgan fingerprint density at radius 2 is 1.71 bits per heavy atom. The maximum Gasteiger partial charge on any atom is 0.277 e. The molecule has 3 aromatic carbocycles. The third kappa shape index (κ3) is 2.77. The van der Waals surface area contributed by atoms with E-state index in [0.29, 0.717) is 18.1 Å². The van der Waals surface area contributed by atoms with Crippen molar-refractivity contribution in [1.82, 2.24) is 9.80 Å². The van der Waals surface area contributed by atoms with Gasteiger partial charge in [0, 0.05) is 36.6 Å². The number of hydrogen-bond acceptors (Lipinski definition) is 5. The first-order chi connectivity index (χ1) is 15.1. The summed E-state index contributed by atoms with van der Waals surface area (Å²) in [5.74, 6) is 0.101. The highest BCUT2D eigenvalue weighted by Crippen LogP contribution is 2.43. The van der Waals surface area contributed by atoms with Gasteiger partial charge in [-0.25, -0.2) is 0 Å². The molecule has 7 nitrogen and oxygen atoms in total. The zero-order valence-corrected chi connectivity index (χ0v) is 16.9. The van der Waals surface area contributed by atoms with E-state index in [9.17, 15) is 14.9 Å². The average molecular weight is 414 g/mol. The van der Waals surface area contributed by atoms with Crippen LogP contribution in [0.2, 0.25) is 0 Å². The number of nitro groups is 1. The van der Waals surface area contributed by atoms with Crippen LogP contribution in [0.5, 0.6) is 0 Å². The molecule has 3 saturated heterocycles. The Labute approximate surface area is 179 Å². The summed E-state index contributed by atoms with van der Waals surface area (Å²) in [6.45, 7) is 2.38. The number of non-ortho nitro benzene ring substituents is 1. The minimum Gasteiger partial charge on any atom is -0.297 e. The van der Waals surface area contributed by atoms with Crippen LogP contribution in [-0.2, 0) is 11.3 Å². The molecule has 2 bridgehead atoms. The van der Waals surface area contributed by atoms with Crippen molar-refractivity contribution in [3.8, 4) is 0 Å².